The number of allylic oxidation sites excluding steroid dienone is 2. The summed E-state index contributed by atoms with van der Waals surface area (Å²) in [6.45, 7) is 4.61. The van der Waals surface area contributed by atoms with Crippen molar-refractivity contribution < 1.29 is 29.5 Å². The lowest BCUT2D eigenvalue weighted by atomic mass is 9.67. The smallest absolute Gasteiger partial charge is 0.488 e. The van der Waals surface area contributed by atoms with Crippen molar-refractivity contribution >= 4 is 41.7 Å². The Morgan fingerprint density at radius 2 is 1.84 bits per heavy atom. The summed E-state index contributed by atoms with van der Waals surface area (Å²) < 4.78 is 6.42. The molecular formula is C34H35BN2O6. The molecule has 1 aromatic heterocycles. The third kappa shape index (κ3) is 5.44. The molecular weight excluding hydrogens is 543 g/mol. The van der Waals surface area contributed by atoms with E-state index < -0.39 is 19.0 Å². The minimum absolute atomic E-state index is 0.180. The topological polar surface area (TPSA) is 120 Å². The normalized spacial score (nSPS) is 23.7. The summed E-state index contributed by atoms with van der Waals surface area (Å²) in [6, 6.07) is 19.3. The van der Waals surface area contributed by atoms with Crippen molar-refractivity contribution in [3.05, 3.63) is 95.3 Å². The first-order chi connectivity index (χ1) is 20.7. The predicted molar refractivity (Wildman–Crippen MR) is 165 cm³/mol. The molecule has 6 rings (SSSR count). The second-order valence-corrected chi connectivity index (χ2v) is 11.9. The Bertz CT molecular complexity index is 1600. The van der Waals surface area contributed by atoms with Gasteiger partial charge in [-0.1, -0.05) is 55.8 Å². The number of carbonyl (C=O) groups is 2. The Labute approximate surface area is 251 Å². The molecule has 43 heavy (non-hydrogen) atoms. The molecule has 3 heterocycles. The monoisotopic (exact) mass is 578 g/mol. The van der Waals surface area contributed by atoms with E-state index in [-0.39, 0.29) is 41.0 Å². The third-order valence-corrected chi connectivity index (χ3v) is 9.00. The van der Waals surface area contributed by atoms with Crippen LogP contribution in [0.3, 0.4) is 0 Å². The number of ether oxygens (including phenoxy) is 1. The summed E-state index contributed by atoms with van der Waals surface area (Å²) >= 11 is 0. The van der Waals surface area contributed by atoms with Crippen molar-refractivity contribution in [2.45, 2.75) is 39.2 Å². The van der Waals surface area contributed by atoms with Crippen LogP contribution in [0.25, 0.3) is 11.6 Å². The fraction of sp³-hybridized carbons (Fsp3) is 0.324. The highest BCUT2D eigenvalue weighted by Crippen LogP contribution is 2.52. The van der Waals surface area contributed by atoms with Crippen LogP contribution in [0.5, 0.6) is 5.75 Å². The van der Waals surface area contributed by atoms with Crippen LogP contribution in [0, 0.1) is 23.7 Å². The Kier molecular flexibility index (Phi) is 8.05. The minimum atomic E-state index is -1.70. The van der Waals surface area contributed by atoms with Gasteiger partial charge in [0.25, 0.3) is 0 Å². The Morgan fingerprint density at radius 1 is 1.05 bits per heavy atom. The van der Waals surface area contributed by atoms with Gasteiger partial charge in [-0.2, -0.15) is 0 Å². The third-order valence-electron chi connectivity index (χ3n) is 9.00. The molecule has 2 amide bonds. The average Bonchev–Trinajstić information content (AvgIpc) is 3.54. The summed E-state index contributed by atoms with van der Waals surface area (Å²) in [5, 5.41) is 29.7. The zero-order valence-electron chi connectivity index (χ0n) is 24.3. The lowest BCUT2D eigenvalue weighted by molar-refractivity contribution is -0.122. The zero-order chi connectivity index (χ0) is 30.2. The molecule has 0 spiro atoms. The maximum Gasteiger partial charge on any atom is 0.488 e. The van der Waals surface area contributed by atoms with Gasteiger partial charge in [-0.05, 0) is 78.2 Å². The number of pyridine rings is 1. The fourth-order valence-electron chi connectivity index (χ4n) is 6.95. The number of para-hydroxylation sites is 1. The van der Waals surface area contributed by atoms with Gasteiger partial charge >= 0.3 is 7.12 Å². The summed E-state index contributed by atoms with van der Waals surface area (Å²) in [4.78, 5) is 33.4. The highest BCUT2D eigenvalue weighted by molar-refractivity contribution is 6.58. The molecule has 3 aromatic rings. The maximum atomic E-state index is 13.9. The molecule has 3 aliphatic rings. The summed E-state index contributed by atoms with van der Waals surface area (Å²) in [5.41, 5.74) is 5.40. The first kappa shape index (κ1) is 29.0. The minimum Gasteiger partial charge on any atom is -0.507 e. The van der Waals surface area contributed by atoms with E-state index >= 15 is 0 Å². The van der Waals surface area contributed by atoms with Crippen LogP contribution in [-0.4, -0.2) is 51.8 Å². The molecule has 2 aromatic carbocycles. The van der Waals surface area contributed by atoms with E-state index in [1.165, 1.54) is 16.5 Å². The van der Waals surface area contributed by atoms with Crippen molar-refractivity contribution in [3.63, 3.8) is 0 Å². The Morgan fingerprint density at radius 3 is 2.56 bits per heavy atom. The molecule has 0 unspecified atom stereocenters. The van der Waals surface area contributed by atoms with Crippen LogP contribution in [0.2, 0.25) is 0 Å². The molecule has 9 heteroatoms. The van der Waals surface area contributed by atoms with Gasteiger partial charge in [0.05, 0.1) is 35.9 Å². The van der Waals surface area contributed by atoms with Gasteiger partial charge < -0.3 is 19.9 Å². The van der Waals surface area contributed by atoms with Crippen molar-refractivity contribution in [1.29, 1.82) is 0 Å². The standard InChI is InChI=1S/C34H35BN2O6/c1-20(2)25-18-26-32(34(40)37(33(26)39)24-10-7-9-23(17-24)35(41)42)27-19-43-30(31(25)27)14-13-21(28-11-5-6-15-36-28)16-22-8-3-4-12-29(22)38/h3-12,15-17,20,26-27,30,32,38,41-42H,13-14,18-19H2,1-2H3/b21-16-/t26-,27+,30-,32-/m1/s1. The number of amides is 2. The van der Waals surface area contributed by atoms with Crippen LogP contribution in [-0.2, 0) is 14.3 Å². The lowest BCUT2D eigenvalue weighted by Crippen LogP contribution is -2.36. The van der Waals surface area contributed by atoms with E-state index in [0.29, 0.717) is 37.1 Å². The van der Waals surface area contributed by atoms with Gasteiger partial charge in [0.1, 0.15) is 5.75 Å². The number of fused-ring (bicyclic) bond motifs is 3. The molecule has 8 nitrogen and oxygen atoms in total. The molecule has 2 saturated heterocycles. The summed E-state index contributed by atoms with van der Waals surface area (Å²) in [6.07, 6.45) is 5.32. The van der Waals surface area contributed by atoms with E-state index in [1.54, 1.807) is 36.5 Å². The Balaban J connectivity index is 1.29. The van der Waals surface area contributed by atoms with E-state index in [4.69, 9.17) is 4.74 Å². The van der Waals surface area contributed by atoms with Gasteiger partial charge in [-0.15, -0.1) is 0 Å². The number of aromatic nitrogens is 1. The first-order valence-electron chi connectivity index (χ1n) is 14.8. The van der Waals surface area contributed by atoms with Crippen molar-refractivity contribution in [3.8, 4) is 5.75 Å². The Hall–Kier alpha value is -4.05. The number of nitrogens with zero attached hydrogens (tertiary/aromatic N) is 2. The summed E-state index contributed by atoms with van der Waals surface area (Å²) in [7, 11) is -1.70. The van der Waals surface area contributed by atoms with Crippen molar-refractivity contribution in [2.24, 2.45) is 23.7 Å². The lowest BCUT2D eigenvalue weighted by Gasteiger charge is -2.33. The number of hydrogen-bond acceptors (Lipinski definition) is 7. The first-order valence-corrected chi connectivity index (χ1v) is 14.8. The number of benzene rings is 2. The highest BCUT2D eigenvalue weighted by Gasteiger charge is 2.57. The largest absolute Gasteiger partial charge is 0.507 e. The molecule has 2 aliphatic heterocycles. The molecule has 4 atom stereocenters. The molecule has 2 fully saturated rings. The predicted octanol–water partition coefficient (Wildman–Crippen LogP) is 3.96. The van der Waals surface area contributed by atoms with Gasteiger partial charge in [0.2, 0.25) is 11.8 Å². The van der Waals surface area contributed by atoms with E-state index in [2.05, 4.69) is 18.8 Å². The average molecular weight is 578 g/mol. The van der Waals surface area contributed by atoms with Gasteiger partial charge in [0.15, 0.2) is 0 Å². The summed E-state index contributed by atoms with van der Waals surface area (Å²) in [5.74, 6) is -1.33. The number of aromatic hydroxyl groups is 1. The fourth-order valence-corrected chi connectivity index (χ4v) is 6.95. The van der Waals surface area contributed by atoms with Gasteiger partial charge in [-0.3, -0.25) is 19.5 Å². The highest BCUT2D eigenvalue weighted by atomic mass is 16.5. The van der Waals surface area contributed by atoms with Crippen molar-refractivity contribution in [1.82, 2.24) is 4.98 Å². The molecule has 0 bridgehead atoms. The molecule has 0 saturated carbocycles. The van der Waals surface area contributed by atoms with Crippen LogP contribution in [0.1, 0.15) is 44.4 Å². The van der Waals surface area contributed by atoms with E-state index in [9.17, 15) is 24.7 Å². The molecule has 220 valence electrons. The van der Waals surface area contributed by atoms with Gasteiger partial charge in [0, 0.05) is 17.7 Å². The maximum absolute atomic E-state index is 13.9. The van der Waals surface area contributed by atoms with Gasteiger partial charge in [-0.25, -0.2) is 0 Å². The number of imide groups is 1. The molecule has 1 aliphatic carbocycles. The second kappa shape index (κ2) is 11.9. The second-order valence-electron chi connectivity index (χ2n) is 11.9. The number of anilines is 1. The van der Waals surface area contributed by atoms with Crippen LogP contribution in [0.15, 0.2) is 84.1 Å². The number of phenols is 1. The number of phenolic OH excluding ortho intramolecular Hbond substituents is 1. The van der Waals surface area contributed by atoms with Crippen LogP contribution < -0.4 is 10.4 Å². The van der Waals surface area contributed by atoms with E-state index in [1.807, 2.05) is 36.4 Å². The zero-order valence-corrected chi connectivity index (χ0v) is 24.3. The van der Waals surface area contributed by atoms with Crippen LogP contribution >= 0.6 is 0 Å². The van der Waals surface area contributed by atoms with Crippen molar-refractivity contribution in [2.75, 3.05) is 11.5 Å². The number of rotatable bonds is 8. The van der Waals surface area contributed by atoms with E-state index in [0.717, 1.165) is 16.8 Å². The number of hydrogen-bond donors (Lipinski definition) is 3. The SMILES string of the molecule is CC(C)C1=C2[C@@H](CC/C(=C/c3ccccc3O)c3ccccn3)OC[C@@H]2[C@@H]2C(=O)N(c3cccc(B(O)O)c3)C(=O)[C@@H]2C1. The molecule has 0 radical (unpaired) electrons. The quantitative estimate of drug-likeness (QED) is 0.210. The van der Waals surface area contributed by atoms with Crippen LogP contribution in [0.4, 0.5) is 5.69 Å². The molecule has 3 N–H and O–H groups in total. The number of carbonyl (C=O) groups excluding carboxylic acids is 2.